The highest BCUT2D eigenvalue weighted by Gasteiger charge is 2.19. The number of rotatable bonds is 4. The molecule has 0 fully saturated rings. The van der Waals surface area contributed by atoms with Crippen molar-refractivity contribution >= 4 is 11.8 Å². The molecule has 0 heterocycles. The van der Waals surface area contributed by atoms with Crippen LogP contribution in [-0.2, 0) is 9.59 Å². The van der Waals surface area contributed by atoms with Crippen LogP contribution < -0.4 is 5.32 Å². The van der Waals surface area contributed by atoms with Gasteiger partial charge < -0.3 is 15.3 Å². The second-order valence-electron chi connectivity index (χ2n) is 3.55. The first-order valence-electron chi connectivity index (χ1n) is 4.50. The van der Waals surface area contributed by atoms with E-state index in [4.69, 9.17) is 0 Å². The van der Waals surface area contributed by atoms with Gasteiger partial charge in [0.05, 0.1) is 18.6 Å². The number of carbonyl (C=O) groups excluding carboxylic acids is 2. The summed E-state index contributed by atoms with van der Waals surface area (Å²) in [5.74, 6) is -0.372. The third-order valence-electron chi connectivity index (χ3n) is 1.89. The van der Waals surface area contributed by atoms with Gasteiger partial charge in [-0.05, 0) is 6.92 Å². The topological polar surface area (TPSA) is 69.6 Å². The summed E-state index contributed by atoms with van der Waals surface area (Å²) < 4.78 is 0. The van der Waals surface area contributed by atoms with Crippen molar-refractivity contribution in [2.45, 2.75) is 32.4 Å². The van der Waals surface area contributed by atoms with Gasteiger partial charge in [0, 0.05) is 21.0 Å². The minimum Gasteiger partial charge on any atom is -0.390 e. The molecule has 82 valence electrons. The zero-order chi connectivity index (χ0) is 11.3. The van der Waals surface area contributed by atoms with Gasteiger partial charge in [0.1, 0.15) is 0 Å². The molecule has 0 aliphatic heterocycles. The van der Waals surface area contributed by atoms with E-state index < -0.39 is 12.1 Å². The van der Waals surface area contributed by atoms with Crippen LogP contribution in [0.3, 0.4) is 0 Å². The molecule has 0 aliphatic carbocycles. The van der Waals surface area contributed by atoms with E-state index in [1.54, 1.807) is 21.0 Å². The van der Waals surface area contributed by atoms with Crippen LogP contribution in [0.15, 0.2) is 0 Å². The maximum Gasteiger partial charge on any atom is 0.224 e. The fourth-order valence-electron chi connectivity index (χ4n) is 0.955. The number of nitrogens with one attached hydrogen (secondary N) is 1. The Morgan fingerprint density at radius 2 is 1.93 bits per heavy atom. The Bertz CT molecular complexity index is 216. The average molecular weight is 202 g/mol. The van der Waals surface area contributed by atoms with Gasteiger partial charge in [0.2, 0.25) is 11.8 Å². The van der Waals surface area contributed by atoms with E-state index in [1.165, 1.54) is 11.8 Å². The summed E-state index contributed by atoms with van der Waals surface area (Å²) in [6, 6.07) is -0.406. The highest BCUT2D eigenvalue weighted by molar-refractivity contribution is 5.76. The third-order valence-corrected chi connectivity index (χ3v) is 1.89. The Hall–Kier alpha value is -1.10. The first-order valence-corrected chi connectivity index (χ1v) is 4.50. The van der Waals surface area contributed by atoms with Crippen molar-refractivity contribution in [3.8, 4) is 0 Å². The lowest BCUT2D eigenvalue weighted by Gasteiger charge is -2.20. The Balaban J connectivity index is 4.00. The number of aliphatic hydroxyl groups excluding tert-OH is 1. The van der Waals surface area contributed by atoms with E-state index in [1.807, 2.05) is 0 Å². The summed E-state index contributed by atoms with van der Waals surface area (Å²) in [5.41, 5.74) is 0. The third kappa shape index (κ3) is 4.81. The predicted octanol–water partition coefficient (Wildman–Crippen LogP) is -0.650. The smallest absolute Gasteiger partial charge is 0.224 e. The van der Waals surface area contributed by atoms with Crippen molar-refractivity contribution in [3.63, 3.8) is 0 Å². The maximum absolute atomic E-state index is 11.2. The number of carbonyl (C=O) groups is 2. The molecule has 0 saturated carbocycles. The lowest BCUT2D eigenvalue weighted by atomic mass is 10.1. The molecular weight excluding hydrogens is 184 g/mol. The summed E-state index contributed by atoms with van der Waals surface area (Å²) in [6.07, 6.45) is -0.817. The molecule has 5 heteroatoms. The molecule has 2 N–H and O–H groups in total. The van der Waals surface area contributed by atoms with E-state index >= 15 is 0 Å². The van der Waals surface area contributed by atoms with E-state index in [-0.39, 0.29) is 18.2 Å². The van der Waals surface area contributed by atoms with Crippen molar-refractivity contribution in [1.82, 2.24) is 10.2 Å². The van der Waals surface area contributed by atoms with Gasteiger partial charge in [0.15, 0.2) is 0 Å². The molecule has 14 heavy (non-hydrogen) atoms. The molecule has 0 rings (SSSR count). The van der Waals surface area contributed by atoms with Crippen molar-refractivity contribution in [3.05, 3.63) is 0 Å². The standard InChI is InChI=1S/C9H18N2O3/c1-6(10-7(2)12)8(13)5-9(14)11(3)4/h6,8,13H,5H2,1-4H3,(H,10,12). The van der Waals surface area contributed by atoms with Crippen LogP contribution in [0.25, 0.3) is 0 Å². The van der Waals surface area contributed by atoms with Crippen molar-refractivity contribution in [2.75, 3.05) is 14.1 Å². The van der Waals surface area contributed by atoms with E-state index in [0.717, 1.165) is 0 Å². The van der Waals surface area contributed by atoms with Gasteiger partial charge in [-0.25, -0.2) is 0 Å². The fourth-order valence-corrected chi connectivity index (χ4v) is 0.955. The molecule has 0 aliphatic rings. The molecule has 0 spiro atoms. The van der Waals surface area contributed by atoms with Crippen LogP contribution in [0.1, 0.15) is 20.3 Å². The molecule has 2 atom stereocenters. The van der Waals surface area contributed by atoms with Gasteiger partial charge in [-0.15, -0.1) is 0 Å². The van der Waals surface area contributed by atoms with Crippen molar-refractivity contribution in [1.29, 1.82) is 0 Å². The van der Waals surface area contributed by atoms with Gasteiger partial charge >= 0.3 is 0 Å². The lowest BCUT2D eigenvalue weighted by Crippen LogP contribution is -2.42. The fraction of sp³-hybridized carbons (Fsp3) is 0.778. The number of nitrogens with zero attached hydrogens (tertiary/aromatic N) is 1. The predicted molar refractivity (Wildman–Crippen MR) is 52.6 cm³/mol. The molecule has 0 aromatic rings. The van der Waals surface area contributed by atoms with Crippen LogP contribution in [0, 0.1) is 0 Å². The summed E-state index contributed by atoms with van der Waals surface area (Å²) >= 11 is 0. The summed E-state index contributed by atoms with van der Waals surface area (Å²) in [6.45, 7) is 3.03. The SMILES string of the molecule is CC(=O)NC(C)C(O)CC(=O)N(C)C. The maximum atomic E-state index is 11.2. The molecule has 5 nitrogen and oxygen atoms in total. The summed E-state index contributed by atoms with van der Waals surface area (Å²) in [4.78, 5) is 23.3. The first kappa shape index (κ1) is 12.9. The highest BCUT2D eigenvalue weighted by atomic mass is 16.3. The molecule has 2 amide bonds. The number of aliphatic hydroxyl groups is 1. The van der Waals surface area contributed by atoms with E-state index in [2.05, 4.69) is 5.32 Å². The molecule has 0 radical (unpaired) electrons. The Labute approximate surface area is 84.1 Å². The Kier molecular flexibility index (Phi) is 5.15. The van der Waals surface area contributed by atoms with Crippen LogP contribution in [0.4, 0.5) is 0 Å². The monoisotopic (exact) mass is 202 g/mol. The van der Waals surface area contributed by atoms with E-state index in [9.17, 15) is 14.7 Å². The van der Waals surface area contributed by atoms with Gasteiger partial charge in [0.25, 0.3) is 0 Å². The first-order chi connectivity index (χ1) is 6.34. The second-order valence-corrected chi connectivity index (χ2v) is 3.55. The second kappa shape index (κ2) is 5.59. The molecule has 0 aromatic carbocycles. The Morgan fingerprint density at radius 3 is 2.29 bits per heavy atom. The summed E-state index contributed by atoms with van der Waals surface area (Å²) in [5, 5.41) is 12.1. The molecule has 2 unspecified atom stereocenters. The molecule has 0 bridgehead atoms. The van der Waals surface area contributed by atoms with Crippen LogP contribution in [-0.4, -0.2) is 48.1 Å². The van der Waals surface area contributed by atoms with Crippen LogP contribution in [0.5, 0.6) is 0 Å². The largest absolute Gasteiger partial charge is 0.390 e. The zero-order valence-corrected chi connectivity index (χ0v) is 9.07. The molecule has 0 aromatic heterocycles. The van der Waals surface area contributed by atoms with Gasteiger partial charge in [-0.3, -0.25) is 9.59 Å². The normalized spacial score (nSPS) is 14.4. The quantitative estimate of drug-likeness (QED) is 0.636. The van der Waals surface area contributed by atoms with Gasteiger partial charge in [-0.1, -0.05) is 0 Å². The molecular formula is C9H18N2O3. The highest BCUT2D eigenvalue weighted by Crippen LogP contribution is 2.00. The average Bonchev–Trinajstić information content (AvgIpc) is 2.02. The summed E-state index contributed by atoms with van der Waals surface area (Å²) in [7, 11) is 3.25. The minimum atomic E-state index is -0.839. The van der Waals surface area contributed by atoms with Crippen LogP contribution >= 0.6 is 0 Å². The van der Waals surface area contributed by atoms with Crippen molar-refractivity contribution < 1.29 is 14.7 Å². The van der Waals surface area contributed by atoms with E-state index in [0.29, 0.717) is 0 Å². The zero-order valence-electron chi connectivity index (χ0n) is 9.07. The van der Waals surface area contributed by atoms with Crippen molar-refractivity contribution in [2.24, 2.45) is 0 Å². The Morgan fingerprint density at radius 1 is 1.43 bits per heavy atom. The molecule has 0 saturated heterocycles. The number of hydrogen-bond acceptors (Lipinski definition) is 3. The lowest BCUT2D eigenvalue weighted by molar-refractivity contribution is -0.131. The van der Waals surface area contributed by atoms with Gasteiger partial charge in [-0.2, -0.15) is 0 Å². The minimum absolute atomic E-state index is 0.0223. The number of amides is 2. The van der Waals surface area contributed by atoms with Crippen LogP contribution in [0.2, 0.25) is 0 Å². The number of hydrogen-bond donors (Lipinski definition) is 2.